The lowest BCUT2D eigenvalue weighted by Gasteiger charge is -2.14. The molecule has 0 aliphatic carbocycles. The summed E-state index contributed by atoms with van der Waals surface area (Å²) in [5.74, 6) is 0.480. The zero-order chi connectivity index (χ0) is 19.1. The second kappa shape index (κ2) is 6.39. The van der Waals surface area contributed by atoms with Crippen LogP contribution in [0.4, 0.5) is 0 Å². The number of hydrogen-bond acceptors (Lipinski definition) is 5. The van der Waals surface area contributed by atoms with E-state index in [9.17, 15) is 9.59 Å². The molecule has 8 nitrogen and oxygen atoms in total. The van der Waals surface area contributed by atoms with Gasteiger partial charge >= 0.3 is 0 Å². The van der Waals surface area contributed by atoms with Gasteiger partial charge in [-0.25, -0.2) is 4.68 Å². The van der Waals surface area contributed by atoms with E-state index >= 15 is 0 Å². The highest BCUT2D eigenvalue weighted by Crippen LogP contribution is 2.28. The van der Waals surface area contributed by atoms with Crippen LogP contribution in [0, 0.1) is 6.92 Å². The summed E-state index contributed by atoms with van der Waals surface area (Å²) in [6.45, 7) is 3.57. The van der Waals surface area contributed by atoms with Crippen molar-refractivity contribution in [3.8, 4) is 0 Å². The standard InChI is InChI=1S/C19H19N5O3/c1-11-8-15-18(27-11)14-9-21-24(19(26)17(14)23(15)3)10-16(25)22-12(2)13-4-6-20-7-5-13/h4-9,12H,10H2,1-3H3,(H,22,25)/t12-/m1/s1. The zero-order valence-electron chi connectivity index (χ0n) is 15.3. The highest BCUT2D eigenvalue weighted by molar-refractivity contribution is 6.04. The lowest BCUT2D eigenvalue weighted by Crippen LogP contribution is -2.35. The first-order chi connectivity index (χ1) is 13.0. The van der Waals surface area contributed by atoms with Crippen molar-refractivity contribution >= 4 is 27.9 Å². The molecule has 0 bridgehead atoms. The number of rotatable bonds is 4. The number of amides is 1. The van der Waals surface area contributed by atoms with E-state index in [1.54, 1.807) is 30.2 Å². The number of nitrogens with zero attached hydrogens (tertiary/aromatic N) is 4. The Hall–Kier alpha value is -3.42. The van der Waals surface area contributed by atoms with Gasteiger partial charge in [0.1, 0.15) is 17.8 Å². The number of aryl methyl sites for hydroxylation is 2. The molecule has 27 heavy (non-hydrogen) atoms. The Morgan fingerprint density at radius 2 is 2.07 bits per heavy atom. The first-order valence-electron chi connectivity index (χ1n) is 8.59. The Kier molecular flexibility index (Phi) is 4.02. The number of hydrogen-bond donors (Lipinski definition) is 1. The lowest BCUT2D eigenvalue weighted by atomic mass is 10.1. The zero-order valence-corrected chi connectivity index (χ0v) is 15.3. The van der Waals surface area contributed by atoms with E-state index in [0.717, 1.165) is 16.8 Å². The van der Waals surface area contributed by atoms with Gasteiger partial charge in [0.2, 0.25) is 5.91 Å². The van der Waals surface area contributed by atoms with E-state index in [4.69, 9.17) is 4.42 Å². The van der Waals surface area contributed by atoms with Crippen LogP contribution in [0.2, 0.25) is 0 Å². The SMILES string of the molecule is Cc1cc2c(o1)c1cnn(CC(=O)N[C@H](C)c3ccncc3)c(=O)c1n2C. The maximum absolute atomic E-state index is 12.8. The number of fused-ring (bicyclic) bond motifs is 3. The molecule has 0 saturated heterocycles. The molecule has 0 saturated carbocycles. The van der Waals surface area contributed by atoms with Gasteiger partial charge in [-0.1, -0.05) is 0 Å². The Balaban J connectivity index is 1.62. The third-order valence-electron chi connectivity index (χ3n) is 4.67. The number of furan rings is 1. The predicted octanol–water partition coefficient (Wildman–Crippen LogP) is 2.06. The first kappa shape index (κ1) is 17.0. The van der Waals surface area contributed by atoms with Gasteiger partial charge < -0.3 is 14.3 Å². The number of carbonyl (C=O) groups excluding carboxylic acids is 1. The Bertz CT molecular complexity index is 1200. The van der Waals surface area contributed by atoms with Gasteiger partial charge in [0.05, 0.1) is 23.1 Å². The molecule has 4 rings (SSSR count). The minimum Gasteiger partial charge on any atom is -0.459 e. The fraction of sp³-hybridized carbons (Fsp3) is 0.263. The second-order valence-electron chi connectivity index (χ2n) is 6.57. The van der Waals surface area contributed by atoms with E-state index in [2.05, 4.69) is 15.4 Å². The summed E-state index contributed by atoms with van der Waals surface area (Å²) in [6, 6.07) is 5.35. The molecule has 1 N–H and O–H groups in total. The van der Waals surface area contributed by atoms with Crippen molar-refractivity contribution in [1.82, 2.24) is 24.6 Å². The van der Waals surface area contributed by atoms with Gasteiger partial charge in [-0.3, -0.25) is 14.6 Å². The van der Waals surface area contributed by atoms with Crippen molar-refractivity contribution in [2.75, 3.05) is 0 Å². The fourth-order valence-corrected chi connectivity index (χ4v) is 3.30. The van der Waals surface area contributed by atoms with Crippen molar-refractivity contribution in [3.05, 3.63) is 58.5 Å². The van der Waals surface area contributed by atoms with Gasteiger partial charge in [-0.2, -0.15) is 5.10 Å². The van der Waals surface area contributed by atoms with Crippen LogP contribution in [-0.4, -0.2) is 25.2 Å². The van der Waals surface area contributed by atoms with Gasteiger partial charge in [-0.05, 0) is 31.5 Å². The Labute approximate surface area is 154 Å². The van der Waals surface area contributed by atoms with Crippen molar-refractivity contribution in [2.24, 2.45) is 7.05 Å². The second-order valence-corrected chi connectivity index (χ2v) is 6.57. The molecule has 1 atom stereocenters. The largest absolute Gasteiger partial charge is 0.459 e. The highest BCUT2D eigenvalue weighted by atomic mass is 16.3. The molecule has 0 aliphatic rings. The molecule has 0 aromatic carbocycles. The molecule has 4 aromatic heterocycles. The fourth-order valence-electron chi connectivity index (χ4n) is 3.30. The van der Waals surface area contributed by atoms with Gasteiger partial charge in [0.15, 0.2) is 5.58 Å². The van der Waals surface area contributed by atoms with Crippen molar-refractivity contribution < 1.29 is 9.21 Å². The van der Waals surface area contributed by atoms with Crippen LogP contribution in [0.3, 0.4) is 0 Å². The maximum atomic E-state index is 12.8. The van der Waals surface area contributed by atoms with E-state index in [0.29, 0.717) is 16.5 Å². The molecule has 4 aromatic rings. The summed E-state index contributed by atoms with van der Waals surface area (Å²) < 4.78 is 8.63. The maximum Gasteiger partial charge on any atom is 0.291 e. The topological polar surface area (TPSA) is 95.0 Å². The number of nitrogens with one attached hydrogen (secondary N) is 1. The van der Waals surface area contributed by atoms with Crippen LogP contribution in [0.15, 0.2) is 46.0 Å². The summed E-state index contributed by atoms with van der Waals surface area (Å²) in [7, 11) is 1.80. The van der Waals surface area contributed by atoms with E-state index in [-0.39, 0.29) is 24.1 Å². The first-order valence-corrected chi connectivity index (χ1v) is 8.59. The number of pyridine rings is 1. The third kappa shape index (κ3) is 2.88. The van der Waals surface area contributed by atoms with Crippen LogP contribution in [0.5, 0.6) is 0 Å². The highest BCUT2D eigenvalue weighted by Gasteiger charge is 2.18. The normalized spacial score (nSPS) is 12.6. The molecule has 0 fully saturated rings. The van der Waals surface area contributed by atoms with Crippen molar-refractivity contribution in [1.29, 1.82) is 0 Å². The van der Waals surface area contributed by atoms with Crippen LogP contribution < -0.4 is 10.9 Å². The van der Waals surface area contributed by atoms with Gasteiger partial charge in [-0.15, -0.1) is 0 Å². The van der Waals surface area contributed by atoms with E-state index < -0.39 is 0 Å². The number of carbonyl (C=O) groups is 1. The Morgan fingerprint density at radius 1 is 1.33 bits per heavy atom. The number of aromatic nitrogens is 4. The van der Waals surface area contributed by atoms with Crippen LogP contribution >= 0.6 is 0 Å². The van der Waals surface area contributed by atoms with Crippen molar-refractivity contribution in [2.45, 2.75) is 26.4 Å². The summed E-state index contributed by atoms with van der Waals surface area (Å²) >= 11 is 0. The molecule has 138 valence electrons. The van der Waals surface area contributed by atoms with Crippen LogP contribution in [0.25, 0.3) is 22.0 Å². The monoisotopic (exact) mass is 365 g/mol. The smallest absolute Gasteiger partial charge is 0.291 e. The Morgan fingerprint density at radius 3 is 2.81 bits per heavy atom. The van der Waals surface area contributed by atoms with E-state index in [1.165, 1.54) is 4.68 Å². The summed E-state index contributed by atoms with van der Waals surface area (Å²) in [5.41, 5.74) is 2.54. The molecule has 8 heteroatoms. The van der Waals surface area contributed by atoms with Gasteiger partial charge in [0.25, 0.3) is 5.56 Å². The predicted molar refractivity (Wildman–Crippen MR) is 100 cm³/mol. The van der Waals surface area contributed by atoms with Crippen molar-refractivity contribution in [3.63, 3.8) is 0 Å². The molecule has 0 spiro atoms. The summed E-state index contributed by atoms with van der Waals surface area (Å²) in [4.78, 5) is 29.2. The average Bonchev–Trinajstić information content (AvgIpc) is 3.15. The molecule has 0 aliphatic heterocycles. The summed E-state index contributed by atoms with van der Waals surface area (Å²) in [5, 5.41) is 7.68. The average molecular weight is 365 g/mol. The summed E-state index contributed by atoms with van der Waals surface area (Å²) in [6.07, 6.45) is 4.91. The molecule has 0 unspecified atom stereocenters. The minimum atomic E-state index is -0.328. The molecular weight excluding hydrogens is 346 g/mol. The quantitative estimate of drug-likeness (QED) is 0.597. The minimum absolute atomic E-state index is 0.157. The van der Waals surface area contributed by atoms with Crippen LogP contribution in [-0.2, 0) is 18.4 Å². The lowest BCUT2D eigenvalue weighted by molar-refractivity contribution is -0.122. The van der Waals surface area contributed by atoms with E-state index in [1.807, 2.05) is 32.0 Å². The molecule has 4 heterocycles. The molecular formula is C19H19N5O3. The molecule has 0 radical (unpaired) electrons. The molecule has 1 amide bonds. The van der Waals surface area contributed by atoms with Crippen LogP contribution in [0.1, 0.15) is 24.3 Å². The third-order valence-corrected chi connectivity index (χ3v) is 4.67. The van der Waals surface area contributed by atoms with Gasteiger partial charge in [0, 0.05) is 25.5 Å².